The number of nitrogens with two attached hydrogens (primary N) is 2. The lowest BCUT2D eigenvalue weighted by molar-refractivity contribution is -0.143. The predicted molar refractivity (Wildman–Crippen MR) is 164 cm³/mol. The zero-order valence-electron chi connectivity index (χ0n) is 26.7. The predicted octanol–water partition coefficient (Wildman–Crippen LogP) is -0.991. The van der Waals surface area contributed by atoms with E-state index in [4.69, 9.17) is 11.5 Å². The lowest BCUT2D eigenvalue weighted by Gasteiger charge is -2.31. The number of amides is 5. The maximum atomic E-state index is 13.7. The van der Waals surface area contributed by atoms with Crippen molar-refractivity contribution < 1.29 is 38.7 Å². The molecule has 2 aliphatic rings. The molecular formula is C30H51N7O8. The highest BCUT2D eigenvalue weighted by Gasteiger charge is 2.40. The third kappa shape index (κ3) is 10.8. The molecule has 5 amide bonds. The van der Waals surface area contributed by atoms with Crippen molar-refractivity contribution in [1.82, 2.24) is 25.8 Å². The lowest BCUT2D eigenvalue weighted by atomic mass is 9.98. The highest BCUT2D eigenvalue weighted by Crippen LogP contribution is 2.21. The number of aliphatic carboxylic acids is 1. The molecule has 15 heteroatoms. The van der Waals surface area contributed by atoms with Gasteiger partial charge in [0.05, 0.1) is 12.1 Å². The van der Waals surface area contributed by atoms with Crippen LogP contribution in [0.5, 0.6) is 0 Å². The number of carbonyl (C=O) groups excluding carboxylic acids is 6. The second-order valence-electron chi connectivity index (χ2n) is 12.0. The molecule has 2 fully saturated rings. The maximum Gasteiger partial charge on any atom is 0.303 e. The van der Waals surface area contributed by atoms with E-state index in [2.05, 4.69) is 16.0 Å². The van der Waals surface area contributed by atoms with Gasteiger partial charge in [-0.2, -0.15) is 0 Å². The molecule has 0 aliphatic carbocycles. The highest BCUT2D eigenvalue weighted by atomic mass is 16.4. The fourth-order valence-corrected chi connectivity index (χ4v) is 5.67. The van der Waals surface area contributed by atoms with Crippen molar-refractivity contribution in [2.45, 2.75) is 121 Å². The first-order valence-electron chi connectivity index (χ1n) is 16.0. The van der Waals surface area contributed by atoms with Gasteiger partial charge in [-0.05, 0) is 70.8 Å². The molecular weight excluding hydrogens is 586 g/mol. The third-order valence-corrected chi connectivity index (χ3v) is 8.71. The molecule has 0 radical (unpaired) electrons. The second-order valence-corrected chi connectivity index (χ2v) is 12.0. The van der Waals surface area contributed by atoms with Crippen molar-refractivity contribution >= 4 is 41.8 Å². The van der Waals surface area contributed by atoms with Crippen LogP contribution in [0.1, 0.15) is 85.0 Å². The number of rotatable bonds is 18. The Kier molecular flexibility index (Phi) is 15.4. The monoisotopic (exact) mass is 637 g/mol. The summed E-state index contributed by atoms with van der Waals surface area (Å²) in [4.78, 5) is 91.6. The molecule has 45 heavy (non-hydrogen) atoms. The Morgan fingerprint density at radius 1 is 0.889 bits per heavy atom. The number of hydrogen-bond donors (Lipinski definition) is 6. The molecule has 254 valence electrons. The fourth-order valence-electron chi connectivity index (χ4n) is 5.67. The van der Waals surface area contributed by atoms with Gasteiger partial charge in [0.1, 0.15) is 30.5 Å². The van der Waals surface area contributed by atoms with E-state index >= 15 is 0 Å². The number of unbranched alkanes of at least 4 members (excludes halogenated alkanes) is 1. The number of carboxylic acid groups (broad SMARTS) is 1. The Balaban J connectivity index is 2.16. The summed E-state index contributed by atoms with van der Waals surface area (Å²) in [5.41, 5.74) is 11.7. The number of nitrogens with one attached hydrogen (secondary N) is 3. The van der Waals surface area contributed by atoms with E-state index in [1.165, 1.54) is 16.7 Å². The van der Waals surface area contributed by atoms with Gasteiger partial charge >= 0.3 is 5.97 Å². The van der Waals surface area contributed by atoms with Gasteiger partial charge in [0, 0.05) is 19.5 Å². The Labute approximate surface area is 264 Å². The molecule has 0 saturated carbocycles. The van der Waals surface area contributed by atoms with E-state index < -0.39 is 78.2 Å². The molecule has 0 aromatic heterocycles. The normalized spacial score (nSPS) is 21.3. The molecule has 0 bridgehead atoms. The van der Waals surface area contributed by atoms with Crippen molar-refractivity contribution in [3.8, 4) is 0 Å². The molecule has 2 aliphatic heterocycles. The van der Waals surface area contributed by atoms with Crippen LogP contribution in [0, 0.1) is 5.92 Å². The van der Waals surface area contributed by atoms with Crippen LogP contribution in [0.15, 0.2) is 0 Å². The van der Waals surface area contributed by atoms with E-state index in [0.29, 0.717) is 70.7 Å². The van der Waals surface area contributed by atoms with Crippen molar-refractivity contribution in [1.29, 1.82) is 0 Å². The molecule has 0 spiro atoms. The highest BCUT2D eigenvalue weighted by molar-refractivity contribution is 5.96. The van der Waals surface area contributed by atoms with Crippen LogP contribution in [-0.4, -0.2) is 113 Å². The first-order chi connectivity index (χ1) is 21.4. The number of hydrogen-bond acceptors (Lipinski definition) is 9. The molecule has 7 atom stereocenters. The largest absolute Gasteiger partial charge is 0.481 e. The molecule has 0 unspecified atom stereocenters. The summed E-state index contributed by atoms with van der Waals surface area (Å²) in [6.07, 6.45) is 4.19. The average Bonchev–Trinajstić information content (AvgIpc) is 3.71. The van der Waals surface area contributed by atoms with Gasteiger partial charge in [0.2, 0.25) is 29.5 Å². The van der Waals surface area contributed by atoms with Crippen LogP contribution in [0.2, 0.25) is 0 Å². The summed E-state index contributed by atoms with van der Waals surface area (Å²) >= 11 is 0. The van der Waals surface area contributed by atoms with E-state index in [1.54, 1.807) is 0 Å². The molecule has 8 N–H and O–H groups in total. The van der Waals surface area contributed by atoms with Gasteiger partial charge in [0.15, 0.2) is 0 Å². The van der Waals surface area contributed by atoms with Crippen molar-refractivity contribution in [3.05, 3.63) is 0 Å². The summed E-state index contributed by atoms with van der Waals surface area (Å²) in [5, 5.41) is 17.1. The summed E-state index contributed by atoms with van der Waals surface area (Å²) < 4.78 is 0. The van der Waals surface area contributed by atoms with Crippen molar-refractivity contribution in [2.75, 3.05) is 19.6 Å². The average molecular weight is 638 g/mol. The van der Waals surface area contributed by atoms with E-state index in [0.717, 1.165) is 0 Å². The van der Waals surface area contributed by atoms with Crippen LogP contribution in [0.25, 0.3) is 0 Å². The Hall–Kier alpha value is -3.59. The SMILES string of the molecule is CC[C@H](C)[C@H](N)C(=O)N[C@@H](CCCCN)C(=O)N1CCC[C@H]1C(=O)N[C@@H](CCC(=O)O)C(=O)N[C@@H](C)C(=O)N1CCC[C@H]1C=O. The standard InChI is InChI=1S/C30H51N7O8/c1-4-18(2)25(32)28(43)35-22(10-5-6-14-31)30(45)37-16-8-11-23(37)27(42)34-21(12-13-24(39)40)26(41)33-19(3)29(44)36-15-7-9-20(36)17-38/h17-23,25H,4-16,31-32H2,1-3H3,(H,33,41)(H,34,42)(H,35,43)(H,39,40)/t18-,19-,20-,21-,22-,23-,25-/m0/s1. The van der Waals surface area contributed by atoms with Crippen molar-refractivity contribution in [2.24, 2.45) is 17.4 Å². The molecule has 2 rings (SSSR count). The van der Waals surface area contributed by atoms with Gasteiger partial charge in [-0.3, -0.25) is 28.8 Å². The topological polar surface area (TPSA) is 234 Å². The van der Waals surface area contributed by atoms with Crippen LogP contribution in [0.3, 0.4) is 0 Å². The Morgan fingerprint density at radius 2 is 1.56 bits per heavy atom. The molecule has 0 aromatic rings. The van der Waals surface area contributed by atoms with E-state index in [1.807, 2.05) is 13.8 Å². The van der Waals surface area contributed by atoms with Crippen LogP contribution in [0.4, 0.5) is 0 Å². The minimum Gasteiger partial charge on any atom is -0.481 e. The van der Waals surface area contributed by atoms with Crippen LogP contribution >= 0.6 is 0 Å². The van der Waals surface area contributed by atoms with E-state index in [9.17, 15) is 38.7 Å². The summed E-state index contributed by atoms with van der Waals surface area (Å²) in [5.74, 6) is -4.05. The van der Waals surface area contributed by atoms with Crippen LogP contribution < -0.4 is 27.4 Å². The first-order valence-corrected chi connectivity index (χ1v) is 16.0. The minimum absolute atomic E-state index is 0.108. The molecule has 2 heterocycles. The lowest BCUT2D eigenvalue weighted by Crippen LogP contribution is -2.58. The molecule has 0 aromatic carbocycles. The number of nitrogens with zero attached hydrogens (tertiary/aromatic N) is 2. The first kappa shape index (κ1) is 37.6. The number of carboxylic acids is 1. The smallest absolute Gasteiger partial charge is 0.303 e. The number of likely N-dealkylation sites (tertiary alicyclic amines) is 2. The van der Waals surface area contributed by atoms with Gasteiger partial charge in [-0.25, -0.2) is 0 Å². The molecule has 2 saturated heterocycles. The van der Waals surface area contributed by atoms with Gasteiger partial charge < -0.3 is 47.1 Å². The number of aldehydes is 1. The Bertz CT molecular complexity index is 1070. The van der Waals surface area contributed by atoms with Crippen molar-refractivity contribution in [3.63, 3.8) is 0 Å². The maximum absolute atomic E-state index is 13.7. The van der Waals surface area contributed by atoms with Gasteiger partial charge in [0.25, 0.3) is 0 Å². The zero-order chi connectivity index (χ0) is 33.7. The quantitative estimate of drug-likeness (QED) is 0.0793. The van der Waals surface area contributed by atoms with Crippen LogP contribution in [-0.2, 0) is 33.6 Å². The zero-order valence-corrected chi connectivity index (χ0v) is 26.7. The molecule has 15 nitrogen and oxygen atoms in total. The summed E-state index contributed by atoms with van der Waals surface area (Å²) in [6, 6.07) is -5.57. The van der Waals surface area contributed by atoms with Gasteiger partial charge in [-0.1, -0.05) is 20.3 Å². The summed E-state index contributed by atoms with van der Waals surface area (Å²) in [6.45, 7) is 6.26. The van der Waals surface area contributed by atoms with E-state index in [-0.39, 0.29) is 18.9 Å². The minimum atomic E-state index is -1.30. The third-order valence-electron chi connectivity index (χ3n) is 8.71. The fraction of sp³-hybridized carbons (Fsp3) is 0.767. The van der Waals surface area contributed by atoms with Gasteiger partial charge in [-0.15, -0.1) is 0 Å². The summed E-state index contributed by atoms with van der Waals surface area (Å²) in [7, 11) is 0. The Morgan fingerprint density at radius 3 is 2.18 bits per heavy atom. The number of carbonyl (C=O) groups is 7. The second kappa shape index (κ2) is 18.4.